The Morgan fingerprint density at radius 2 is 2.10 bits per heavy atom. The molecule has 0 bridgehead atoms. The average molecular weight is 295 g/mol. The van der Waals surface area contributed by atoms with Crippen LogP contribution in [-0.4, -0.2) is 27.0 Å². The van der Waals surface area contributed by atoms with Crippen LogP contribution in [0.3, 0.4) is 0 Å². The van der Waals surface area contributed by atoms with Crippen LogP contribution in [0.1, 0.15) is 30.7 Å². The molecule has 5 heteroatoms. The maximum absolute atomic E-state index is 11.6. The molecule has 0 saturated carbocycles. The molecule has 0 aliphatic carbocycles. The molecule has 20 heavy (non-hydrogen) atoms. The normalized spacial score (nSPS) is 13.8. The second-order valence-corrected chi connectivity index (χ2v) is 7.43. The van der Waals surface area contributed by atoms with Crippen molar-refractivity contribution in [2.75, 3.05) is 18.6 Å². The van der Waals surface area contributed by atoms with Crippen LogP contribution < -0.4 is 5.32 Å². The third kappa shape index (κ3) is 3.61. The lowest BCUT2D eigenvalue weighted by atomic mass is 10.1. The number of nitrogens with one attached hydrogen (secondary N) is 1. The van der Waals surface area contributed by atoms with E-state index in [2.05, 4.69) is 5.32 Å². The van der Waals surface area contributed by atoms with Crippen molar-refractivity contribution in [2.24, 2.45) is 0 Å². The van der Waals surface area contributed by atoms with Crippen LogP contribution in [0.15, 0.2) is 28.7 Å². The molecular formula is C15H21NO3S. The highest BCUT2D eigenvalue weighted by atomic mass is 32.2. The summed E-state index contributed by atoms with van der Waals surface area (Å²) in [6.07, 6.45) is 2.20. The summed E-state index contributed by atoms with van der Waals surface area (Å²) in [6, 6.07) is 7.58. The lowest BCUT2D eigenvalue weighted by Crippen LogP contribution is -2.28. The maximum atomic E-state index is 11.6. The molecular weight excluding hydrogens is 274 g/mol. The first-order chi connectivity index (χ1) is 9.40. The minimum atomic E-state index is -3.07. The van der Waals surface area contributed by atoms with Crippen LogP contribution in [-0.2, 0) is 9.84 Å². The monoisotopic (exact) mass is 295 g/mol. The molecule has 2 rings (SSSR count). The average Bonchev–Trinajstić information content (AvgIpc) is 2.78. The number of sulfone groups is 1. The van der Waals surface area contributed by atoms with Crippen molar-refractivity contribution < 1.29 is 12.8 Å². The van der Waals surface area contributed by atoms with Gasteiger partial charge in [0, 0.05) is 11.6 Å². The van der Waals surface area contributed by atoms with Crippen LogP contribution in [0.5, 0.6) is 0 Å². The third-order valence-electron chi connectivity index (χ3n) is 3.21. The second kappa shape index (κ2) is 5.97. The van der Waals surface area contributed by atoms with E-state index in [0.29, 0.717) is 5.76 Å². The van der Waals surface area contributed by atoms with E-state index >= 15 is 0 Å². The number of rotatable bonds is 6. The van der Waals surface area contributed by atoms with Gasteiger partial charge in [0.05, 0.1) is 11.8 Å². The van der Waals surface area contributed by atoms with Gasteiger partial charge < -0.3 is 9.73 Å². The highest BCUT2D eigenvalue weighted by molar-refractivity contribution is 7.90. The van der Waals surface area contributed by atoms with Gasteiger partial charge in [-0.3, -0.25) is 0 Å². The summed E-state index contributed by atoms with van der Waals surface area (Å²) in [5, 5.41) is 4.26. The summed E-state index contributed by atoms with van der Waals surface area (Å²) in [7, 11) is -3.07. The topological polar surface area (TPSA) is 59.3 Å². The fourth-order valence-corrected chi connectivity index (χ4v) is 3.15. The lowest BCUT2D eigenvalue weighted by Gasteiger charge is -2.14. The highest BCUT2D eigenvalue weighted by Gasteiger charge is 2.21. The van der Waals surface area contributed by atoms with Crippen molar-refractivity contribution in [3.05, 3.63) is 35.6 Å². The van der Waals surface area contributed by atoms with Crippen molar-refractivity contribution >= 4 is 20.8 Å². The molecule has 1 N–H and O–H groups in total. The summed E-state index contributed by atoms with van der Waals surface area (Å²) in [6.45, 7) is 4.80. The largest absolute Gasteiger partial charge is 0.459 e. The lowest BCUT2D eigenvalue weighted by molar-refractivity contribution is 0.449. The fraction of sp³-hybridized carbons (Fsp3) is 0.467. The van der Waals surface area contributed by atoms with E-state index in [9.17, 15) is 8.42 Å². The van der Waals surface area contributed by atoms with Gasteiger partial charge in [0.25, 0.3) is 0 Å². The zero-order valence-corrected chi connectivity index (χ0v) is 13.0. The van der Waals surface area contributed by atoms with Crippen LogP contribution >= 0.6 is 0 Å². The SMILES string of the molecule is CCCNC(CS(C)(=O)=O)c1cc2cccc(C)c2o1. The van der Waals surface area contributed by atoms with Gasteiger partial charge in [-0.1, -0.05) is 25.1 Å². The van der Waals surface area contributed by atoms with Crippen molar-refractivity contribution in [3.8, 4) is 0 Å². The summed E-state index contributed by atoms with van der Waals surface area (Å²) < 4.78 is 29.0. The van der Waals surface area contributed by atoms with Crippen LogP contribution in [0.2, 0.25) is 0 Å². The van der Waals surface area contributed by atoms with Crippen molar-refractivity contribution in [1.82, 2.24) is 5.32 Å². The minimum Gasteiger partial charge on any atom is -0.459 e. The Morgan fingerprint density at radius 1 is 1.35 bits per heavy atom. The van der Waals surface area contributed by atoms with Crippen LogP contribution in [0, 0.1) is 6.92 Å². The molecule has 1 aromatic carbocycles. The Balaban J connectivity index is 2.37. The van der Waals surface area contributed by atoms with E-state index in [-0.39, 0.29) is 11.8 Å². The fourth-order valence-electron chi connectivity index (χ4n) is 2.26. The Labute approximate surface area is 120 Å². The molecule has 0 aliphatic rings. The Morgan fingerprint density at radius 3 is 2.70 bits per heavy atom. The van der Waals surface area contributed by atoms with E-state index in [1.165, 1.54) is 6.26 Å². The molecule has 0 radical (unpaired) electrons. The molecule has 2 aromatic rings. The minimum absolute atomic E-state index is 0.0475. The first-order valence-corrected chi connectivity index (χ1v) is 8.87. The quantitative estimate of drug-likeness (QED) is 0.890. The van der Waals surface area contributed by atoms with E-state index in [1.54, 1.807) is 0 Å². The van der Waals surface area contributed by atoms with E-state index in [0.717, 1.165) is 29.5 Å². The molecule has 0 fully saturated rings. The zero-order chi connectivity index (χ0) is 14.8. The number of furan rings is 1. The third-order valence-corrected chi connectivity index (χ3v) is 4.15. The molecule has 1 atom stereocenters. The Hall–Kier alpha value is -1.33. The first kappa shape index (κ1) is 15.1. The maximum Gasteiger partial charge on any atom is 0.149 e. The van der Waals surface area contributed by atoms with Gasteiger partial charge in [0.15, 0.2) is 0 Å². The van der Waals surface area contributed by atoms with Crippen molar-refractivity contribution in [3.63, 3.8) is 0 Å². The summed E-state index contributed by atoms with van der Waals surface area (Å²) >= 11 is 0. The van der Waals surface area contributed by atoms with Crippen molar-refractivity contribution in [2.45, 2.75) is 26.3 Å². The summed E-state index contributed by atoms with van der Waals surface area (Å²) in [5.74, 6) is 0.736. The number of hydrogen-bond donors (Lipinski definition) is 1. The first-order valence-electron chi connectivity index (χ1n) is 6.81. The van der Waals surface area contributed by atoms with E-state index in [1.807, 2.05) is 38.1 Å². The van der Waals surface area contributed by atoms with E-state index in [4.69, 9.17) is 4.42 Å². The van der Waals surface area contributed by atoms with Crippen molar-refractivity contribution in [1.29, 1.82) is 0 Å². The van der Waals surface area contributed by atoms with Gasteiger partial charge in [-0.15, -0.1) is 0 Å². The standard InChI is InChI=1S/C15H21NO3S/c1-4-8-16-13(10-20(3,17)18)14-9-12-7-5-6-11(2)15(12)19-14/h5-7,9,13,16H,4,8,10H2,1-3H3. The van der Waals surface area contributed by atoms with Gasteiger partial charge in [0.2, 0.25) is 0 Å². The van der Waals surface area contributed by atoms with Gasteiger partial charge in [-0.05, 0) is 31.5 Å². The molecule has 0 amide bonds. The number of fused-ring (bicyclic) bond motifs is 1. The molecule has 0 saturated heterocycles. The Bertz CT molecular complexity index is 688. The van der Waals surface area contributed by atoms with Crippen LogP contribution in [0.25, 0.3) is 11.0 Å². The number of aryl methyl sites for hydroxylation is 1. The second-order valence-electron chi connectivity index (χ2n) is 5.24. The molecule has 1 unspecified atom stereocenters. The zero-order valence-electron chi connectivity index (χ0n) is 12.1. The molecule has 110 valence electrons. The molecule has 1 heterocycles. The predicted molar refractivity (Wildman–Crippen MR) is 81.7 cm³/mol. The molecule has 4 nitrogen and oxygen atoms in total. The number of benzene rings is 1. The van der Waals surface area contributed by atoms with Crippen LogP contribution in [0.4, 0.5) is 0 Å². The summed E-state index contributed by atoms with van der Waals surface area (Å²) in [5.41, 5.74) is 1.89. The molecule has 0 spiro atoms. The van der Waals surface area contributed by atoms with Gasteiger partial charge in [-0.2, -0.15) is 0 Å². The van der Waals surface area contributed by atoms with E-state index < -0.39 is 9.84 Å². The summed E-state index contributed by atoms with van der Waals surface area (Å²) in [4.78, 5) is 0. The Kier molecular flexibility index (Phi) is 4.50. The van der Waals surface area contributed by atoms with Gasteiger partial charge in [-0.25, -0.2) is 8.42 Å². The smallest absolute Gasteiger partial charge is 0.149 e. The predicted octanol–water partition coefficient (Wildman–Crippen LogP) is 2.83. The number of para-hydroxylation sites is 1. The highest BCUT2D eigenvalue weighted by Crippen LogP contribution is 2.27. The van der Waals surface area contributed by atoms with Gasteiger partial charge in [0.1, 0.15) is 21.2 Å². The molecule has 0 aliphatic heterocycles. The van der Waals surface area contributed by atoms with Gasteiger partial charge >= 0.3 is 0 Å². The number of hydrogen-bond acceptors (Lipinski definition) is 4. The molecule has 1 aromatic heterocycles.